The number of carboxylic acid groups (broad SMARTS) is 1. The van der Waals surface area contributed by atoms with Crippen LogP contribution < -0.4 is 0 Å². The number of hydrogen-bond donors (Lipinski definition) is 1. The van der Waals surface area contributed by atoms with Crippen molar-refractivity contribution < 1.29 is 14.7 Å². The summed E-state index contributed by atoms with van der Waals surface area (Å²) in [7, 11) is 1.45. The van der Waals surface area contributed by atoms with E-state index in [-0.39, 0.29) is 12.5 Å². The number of nitrogens with zero attached hydrogens (tertiary/aromatic N) is 4. The first-order valence-electron chi connectivity index (χ1n) is 4.70. The molecule has 0 aromatic carbocycles. The van der Waals surface area contributed by atoms with Gasteiger partial charge in [0.05, 0.1) is 6.20 Å². The summed E-state index contributed by atoms with van der Waals surface area (Å²) >= 11 is 0. The number of amides is 1. The molecule has 0 atom stereocenters. The van der Waals surface area contributed by atoms with Crippen LogP contribution in [-0.2, 0) is 16.1 Å². The second-order valence-corrected chi connectivity index (χ2v) is 3.92. The summed E-state index contributed by atoms with van der Waals surface area (Å²) < 4.78 is 1.34. The van der Waals surface area contributed by atoms with Crippen molar-refractivity contribution in [3.8, 4) is 0 Å². The number of aliphatic carboxylic acids is 1. The lowest BCUT2D eigenvalue weighted by molar-refractivity contribution is -0.155. The number of hydrogen-bond acceptors (Lipinski definition) is 4. The fourth-order valence-corrected chi connectivity index (χ4v) is 1.02. The predicted molar refractivity (Wildman–Crippen MR) is 54.5 cm³/mol. The van der Waals surface area contributed by atoms with Crippen LogP contribution in [0.4, 0.5) is 0 Å². The fourth-order valence-electron chi connectivity index (χ4n) is 1.02. The van der Waals surface area contributed by atoms with Gasteiger partial charge < -0.3 is 10.0 Å². The number of rotatable bonds is 4. The van der Waals surface area contributed by atoms with E-state index in [4.69, 9.17) is 5.11 Å². The maximum Gasteiger partial charge on any atom is 0.329 e. The maximum atomic E-state index is 11.7. The van der Waals surface area contributed by atoms with Crippen LogP contribution in [0.2, 0.25) is 0 Å². The Morgan fingerprint density at radius 3 is 2.56 bits per heavy atom. The van der Waals surface area contributed by atoms with Crippen molar-refractivity contribution in [2.45, 2.75) is 25.9 Å². The Morgan fingerprint density at radius 2 is 2.12 bits per heavy atom. The normalized spacial score (nSPS) is 11.2. The molecule has 1 N–H and O–H groups in total. The molecule has 0 saturated heterocycles. The predicted octanol–water partition coefficient (Wildman–Crippen LogP) is -0.400. The lowest BCUT2D eigenvalue weighted by atomic mass is 10.0. The third-order valence-corrected chi connectivity index (χ3v) is 2.51. The first-order valence-corrected chi connectivity index (χ1v) is 4.70. The lowest BCUT2D eigenvalue weighted by Crippen LogP contribution is -2.51. The van der Waals surface area contributed by atoms with Gasteiger partial charge >= 0.3 is 5.97 Å². The third-order valence-electron chi connectivity index (χ3n) is 2.51. The quantitative estimate of drug-likeness (QED) is 0.754. The van der Waals surface area contributed by atoms with E-state index < -0.39 is 11.5 Å². The number of likely N-dealkylation sites (N-methyl/N-ethyl adjacent to an activating group) is 1. The van der Waals surface area contributed by atoms with E-state index in [1.165, 1.54) is 36.7 Å². The summed E-state index contributed by atoms with van der Waals surface area (Å²) in [4.78, 5) is 23.9. The molecule has 0 aliphatic carbocycles. The summed E-state index contributed by atoms with van der Waals surface area (Å²) in [5.41, 5.74) is -1.24. The monoisotopic (exact) mass is 226 g/mol. The number of aromatic nitrogens is 3. The first kappa shape index (κ1) is 12.2. The van der Waals surface area contributed by atoms with E-state index in [0.29, 0.717) is 0 Å². The van der Waals surface area contributed by atoms with Crippen LogP contribution in [0.3, 0.4) is 0 Å². The van der Waals surface area contributed by atoms with Gasteiger partial charge in [-0.25, -0.2) is 9.48 Å². The van der Waals surface area contributed by atoms with Crippen LogP contribution in [0.5, 0.6) is 0 Å². The minimum atomic E-state index is -1.24. The molecular weight excluding hydrogens is 212 g/mol. The van der Waals surface area contributed by atoms with Crippen LogP contribution in [0.25, 0.3) is 0 Å². The zero-order valence-corrected chi connectivity index (χ0v) is 9.41. The smallest absolute Gasteiger partial charge is 0.329 e. The standard InChI is InChI=1S/C9H14N4O3/c1-9(2,8(15)16)12(3)7(14)6-13-5-4-10-11-13/h4-5H,6H2,1-3H3,(H,15,16). The molecule has 0 fully saturated rings. The fraction of sp³-hybridized carbons (Fsp3) is 0.556. The molecule has 88 valence electrons. The molecule has 0 aliphatic rings. The SMILES string of the molecule is CN(C(=O)Cn1ccnn1)C(C)(C)C(=O)O. The van der Waals surface area contributed by atoms with Crippen LogP contribution >= 0.6 is 0 Å². The largest absolute Gasteiger partial charge is 0.480 e. The Hall–Kier alpha value is -1.92. The van der Waals surface area contributed by atoms with Crippen LogP contribution in [-0.4, -0.2) is 49.5 Å². The van der Waals surface area contributed by atoms with Gasteiger partial charge in [-0.2, -0.15) is 0 Å². The minimum absolute atomic E-state index is 0.0206. The average molecular weight is 226 g/mol. The number of carbonyl (C=O) groups is 2. The van der Waals surface area contributed by atoms with Crippen LogP contribution in [0, 0.1) is 0 Å². The summed E-state index contributed by atoms with van der Waals surface area (Å²) in [6, 6.07) is 0. The molecule has 1 aromatic heterocycles. The van der Waals surface area contributed by atoms with Gasteiger partial charge in [0.1, 0.15) is 12.1 Å². The van der Waals surface area contributed by atoms with Crippen LogP contribution in [0.15, 0.2) is 12.4 Å². The highest BCUT2D eigenvalue weighted by molar-refractivity contribution is 5.86. The van der Waals surface area contributed by atoms with Crippen molar-refractivity contribution >= 4 is 11.9 Å². The Morgan fingerprint density at radius 1 is 1.50 bits per heavy atom. The Balaban J connectivity index is 2.71. The van der Waals surface area contributed by atoms with Crippen molar-refractivity contribution in [2.24, 2.45) is 0 Å². The molecule has 7 heteroatoms. The summed E-state index contributed by atoms with van der Waals surface area (Å²) in [6.45, 7) is 2.91. The van der Waals surface area contributed by atoms with Crippen molar-refractivity contribution in [3.05, 3.63) is 12.4 Å². The van der Waals surface area contributed by atoms with Crippen molar-refractivity contribution in [1.82, 2.24) is 19.9 Å². The Bertz CT molecular complexity index is 385. The van der Waals surface area contributed by atoms with Gasteiger partial charge in [-0.3, -0.25) is 4.79 Å². The van der Waals surface area contributed by atoms with E-state index in [1.807, 2.05) is 0 Å². The van der Waals surface area contributed by atoms with E-state index in [1.54, 1.807) is 6.20 Å². The summed E-state index contributed by atoms with van der Waals surface area (Å²) in [5, 5.41) is 16.2. The average Bonchev–Trinajstić information content (AvgIpc) is 2.68. The first-order chi connectivity index (χ1) is 7.35. The van der Waals surface area contributed by atoms with Gasteiger partial charge in [-0.15, -0.1) is 5.10 Å². The van der Waals surface area contributed by atoms with Gasteiger partial charge in [0.25, 0.3) is 0 Å². The maximum absolute atomic E-state index is 11.7. The van der Waals surface area contributed by atoms with E-state index in [0.717, 1.165) is 0 Å². The molecule has 1 aromatic rings. The van der Waals surface area contributed by atoms with E-state index in [2.05, 4.69) is 10.3 Å². The van der Waals surface area contributed by atoms with E-state index >= 15 is 0 Å². The molecule has 7 nitrogen and oxygen atoms in total. The molecule has 0 unspecified atom stereocenters. The minimum Gasteiger partial charge on any atom is -0.480 e. The van der Waals surface area contributed by atoms with Gasteiger partial charge in [-0.05, 0) is 13.8 Å². The zero-order valence-electron chi connectivity index (χ0n) is 9.41. The van der Waals surface area contributed by atoms with Crippen LogP contribution in [0.1, 0.15) is 13.8 Å². The highest BCUT2D eigenvalue weighted by Gasteiger charge is 2.35. The second kappa shape index (κ2) is 4.30. The summed E-state index contributed by atoms with van der Waals surface area (Å²) in [6.07, 6.45) is 3.00. The molecule has 1 heterocycles. The summed E-state index contributed by atoms with van der Waals surface area (Å²) in [5.74, 6) is -1.39. The molecule has 0 saturated carbocycles. The molecule has 1 amide bonds. The number of carbonyl (C=O) groups excluding carboxylic acids is 1. The molecule has 1 rings (SSSR count). The molecule has 0 bridgehead atoms. The Labute approximate surface area is 92.7 Å². The van der Waals surface area contributed by atoms with Gasteiger partial charge in [0.2, 0.25) is 5.91 Å². The molecular formula is C9H14N4O3. The third kappa shape index (κ3) is 2.36. The van der Waals surface area contributed by atoms with E-state index in [9.17, 15) is 9.59 Å². The molecule has 16 heavy (non-hydrogen) atoms. The van der Waals surface area contributed by atoms with Crippen molar-refractivity contribution in [2.75, 3.05) is 7.05 Å². The highest BCUT2D eigenvalue weighted by atomic mass is 16.4. The zero-order chi connectivity index (χ0) is 12.3. The van der Waals surface area contributed by atoms with Crippen molar-refractivity contribution in [3.63, 3.8) is 0 Å². The highest BCUT2D eigenvalue weighted by Crippen LogP contribution is 2.12. The topological polar surface area (TPSA) is 88.3 Å². The van der Waals surface area contributed by atoms with Gasteiger partial charge in [-0.1, -0.05) is 5.21 Å². The molecule has 0 aliphatic heterocycles. The molecule has 0 radical (unpaired) electrons. The lowest BCUT2D eigenvalue weighted by Gasteiger charge is -2.31. The van der Waals surface area contributed by atoms with Crippen molar-refractivity contribution in [1.29, 1.82) is 0 Å². The van der Waals surface area contributed by atoms with Gasteiger partial charge in [0.15, 0.2) is 0 Å². The second-order valence-electron chi connectivity index (χ2n) is 3.92. The molecule has 0 spiro atoms. The van der Waals surface area contributed by atoms with Gasteiger partial charge in [0, 0.05) is 13.2 Å². The number of carboxylic acids is 1. The Kier molecular flexibility index (Phi) is 3.26.